The number of hydrogen-bond acceptors (Lipinski definition) is 2. The van der Waals surface area contributed by atoms with E-state index in [1.54, 1.807) is 0 Å². The number of rotatable bonds is 2. The molecule has 0 spiro atoms. The molecule has 1 aliphatic carbocycles. The summed E-state index contributed by atoms with van der Waals surface area (Å²) < 4.78 is 5.94. The topological polar surface area (TPSA) is 12.5 Å². The molecule has 1 saturated heterocycles. The minimum atomic E-state index is 0.0697. The second-order valence-corrected chi connectivity index (χ2v) is 8.34. The Morgan fingerprint density at radius 1 is 0.941 bits per heavy atom. The molecule has 3 heteroatoms. The van der Waals surface area contributed by atoms with Gasteiger partial charge in [-0.05, 0) is 25.4 Å². The molecule has 17 heavy (non-hydrogen) atoms. The molecule has 2 rings (SSSR count). The SMILES string of the molecule is C[SH](C)C1CN(C2CCCCCCCC2)CO1. The minimum absolute atomic E-state index is 0.0697. The average Bonchev–Trinajstić information content (AvgIpc) is 2.82. The van der Waals surface area contributed by atoms with Crippen molar-refractivity contribution in [3.63, 3.8) is 0 Å². The molecule has 2 aliphatic rings. The Bertz CT molecular complexity index is 212. The fraction of sp³-hybridized carbons (Fsp3) is 1.00. The van der Waals surface area contributed by atoms with Gasteiger partial charge in [0.1, 0.15) is 6.73 Å². The van der Waals surface area contributed by atoms with Crippen LogP contribution in [-0.2, 0) is 4.74 Å². The van der Waals surface area contributed by atoms with E-state index in [4.69, 9.17) is 4.74 Å². The third kappa shape index (κ3) is 4.15. The second-order valence-electron chi connectivity index (χ2n) is 5.84. The lowest BCUT2D eigenvalue weighted by Crippen LogP contribution is -2.34. The molecule has 2 nitrogen and oxygen atoms in total. The van der Waals surface area contributed by atoms with Gasteiger partial charge in [-0.3, -0.25) is 4.90 Å². The van der Waals surface area contributed by atoms with Gasteiger partial charge in [0.05, 0.1) is 5.44 Å². The van der Waals surface area contributed by atoms with Gasteiger partial charge in [-0.15, -0.1) is 0 Å². The zero-order valence-electron chi connectivity index (χ0n) is 11.5. The molecule has 1 atom stereocenters. The molecular formula is C14H29NOS. The van der Waals surface area contributed by atoms with Gasteiger partial charge in [0.2, 0.25) is 0 Å². The van der Waals surface area contributed by atoms with Gasteiger partial charge in [-0.1, -0.05) is 38.5 Å². The Balaban J connectivity index is 1.82. The van der Waals surface area contributed by atoms with E-state index in [0.717, 1.165) is 12.8 Å². The molecule has 102 valence electrons. The first kappa shape index (κ1) is 13.7. The van der Waals surface area contributed by atoms with Gasteiger partial charge in [0.25, 0.3) is 0 Å². The van der Waals surface area contributed by atoms with Gasteiger partial charge in [0.15, 0.2) is 0 Å². The Labute approximate surface area is 109 Å². The normalized spacial score (nSPS) is 30.7. The Hall–Kier alpha value is 0.270. The maximum absolute atomic E-state index is 5.94. The van der Waals surface area contributed by atoms with E-state index < -0.39 is 0 Å². The van der Waals surface area contributed by atoms with Crippen LogP contribution in [0.5, 0.6) is 0 Å². The van der Waals surface area contributed by atoms with Gasteiger partial charge in [-0.2, -0.15) is 0 Å². The maximum atomic E-state index is 5.94. The Morgan fingerprint density at radius 3 is 2.06 bits per heavy atom. The largest absolute Gasteiger partial charge is 0.353 e. The summed E-state index contributed by atoms with van der Waals surface area (Å²) >= 11 is 0. The summed E-state index contributed by atoms with van der Waals surface area (Å²) in [4.78, 5) is 2.62. The van der Waals surface area contributed by atoms with E-state index in [1.165, 1.54) is 57.9 Å². The zero-order valence-corrected chi connectivity index (χ0v) is 12.4. The molecule has 0 bridgehead atoms. The zero-order chi connectivity index (χ0) is 12.1. The fourth-order valence-electron chi connectivity index (χ4n) is 3.03. The maximum Gasteiger partial charge on any atom is 0.101 e. The van der Waals surface area contributed by atoms with Gasteiger partial charge >= 0.3 is 0 Å². The van der Waals surface area contributed by atoms with Crippen LogP contribution < -0.4 is 0 Å². The monoisotopic (exact) mass is 259 g/mol. The van der Waals surface area contributed by atoms with E-state index in [1.807, 2.05) is 0 Å². The quantitative estimate of drug-likeness (QED) is 0.763. The van der Waals surface area contributed by atoms with Crippen LogP contribution in [0.3, 0.4) is 0 Å². The lowest BCUT2D eigenvalue weighted by molar-refractivity contribution is 0.0981. The van der Waals surface area contributed by atoms with Crippen LogP contribution >= 0.6 is 10.9 Å². The molecule has 0 N–H and O–H groups in total. The highest BCUT2D eigenvalue weighted by Crippen LogP contribution is 2.31. The molecule has 0 radical (unpaired) electrons. The summed E-state index contributed by atoms with van der Waals surface area (Å²) in [6, 6.07) is 0.813. The van der Waals surface area contributed by atoms with Crippen LogP contribution in [-0.4, -0.2) is 42.2 Å². The van der Waals surface area contributed by atoms with E-state index in [9.17, 15) is 0 Å². The molecule has 1 unspecified atom stereocenters. The van der Waals surface area contributed by atoms with Crippen LogP contribution in [0.4, 0.5) is 0 Å². The lowest BCUT2D eigenvalue weighted by Gasteiger charge is -2.26. The van der Waals surface area contributed by atoms with Gasteiger partial charge in [-0.25, -0.2) is 10.9 Å². The number of nitrogens with zero attached hydrogens (tertiary/aromatic N) is 1. The molecule has 0 aromatic carbocycles. The highest BCUT2D eigenvalue weighted by molar-refractivity contribution is 8.16. The second kappa shape index (κ2) is 7.01. The van der Waals surface area contributed by atoms with Crippen LogP contribution in [0.15, 0.2) is 0 Å². The van der Waals surface area contributed by atoms with Crippen molar-refractivity contribution in [2.75, 3.05) is 25.8 Å². The number of hydrogen-bond donors (Lipinski definition) is 1. The van der Waals surface area contributed by atoms with Crippen molar-refractivity contribution in [1.82, 2.24) is 4.90 Å². The average molecular weight is 259 g/mol. The fourth-order valence-corrected chi connectivity index (χ4v) is 3.93. The first-order valence-corrected chi connectivity index (χ1v) is 9.60. The Morgan fingerprint density at radius 2 is 1.53 bits per heavy atom. The molecule has 1 heterocycles. The predicted molar refractivity (Wildman–Crippen MR) is 78.0 cm³/mol. The smallest absolute Gasteiger partial charge is 0.101 e. The van der Waals surface area contributed by atoms with Crippen molar-refractivity contribution in [2.45, 2.75) is 62.8 Å². The third-order valence-corrected chi connectivity index (χ3v) is 5.70. The summed E-state index contributed by atoms with van der Waals surface area (Å²) in [5.41, 5.74) is 0.539. The van der Waals surface area contributed by atoms with E-state index in [-0.39, 0.29) is 10.9 Å². The summed E-state index contributed by atoms with van der Waals surface area (Å²) in [6.07, 6.45) is 16.2. The first-order chi connectivity index (χ1) is 8.27. The van der Waals surface area contributed by atoms with Crippen molar-refractivity contribution in [3.05, 3.63) is 0 Å². The standard InChI is InChI=1S/C14H29NOS/c1-17(2)14-11-15(12-16-14)13-9-7-5-3-4-6-8-10-13/h13-14,17H,3-12H2,1-2H3. The van der Waals surface area contributed by atoms with E-state index in [0.29, 0.717) is 5.44 Å². The number of ether oxygens (including phenoxy) is 1. The molecule has 0 aromatic heterocycles. The molecule has 1 saturated carbocycles. The summed E-state index contributed by atoms with van der Waals surface area (Å²) in [5.74, 6) is 0. The van der Waals surface area contributed by atoms with Crippen molar-refractivity contribution in [1.29, 1.82) is 0 Å². The highest BCUT2D eigenvalue weighted by Gasteiger charge is 2.29. The van der Waals surface area contributed by atoms with E-state index in [2.05, 4.69) is 17.4 Å². The van der Waals surface area contributed by atoms with Crippen LogP contribution in [0.25, 0.3) is 0 Å². The predicted octanol–water partition coefficient (Wildman–Crippen LogP) is 3.37. The molecule has 0 aromatic rings. The number of thiol groups is 1. The Kier molecular flexibility index (Phi) is 5.64. The van der Waals surface area contributed by atoms with Crippen molar-refractivity contribution >= 4 is 10.9 Å². The van der Waals surface area contributed by atoms with Crippen LogP contribution in [0, 0.1) is 0 Å². The highest BCUT2D eigenvalue weighted by atomic mass is 32.2. The van der Waals surface area contributed by atoms with Gasteiger partial charge < -0.3 is 4.74 Å². The molecule has 0 amide bonds. The van der Waals surface area contributed by atoms with Crippen LogP contribution in [0.1, 0.15) is 51.4 Å². The van der Waals surface area contributed by atoms with Crippen LogP contribution in [0.2, 0.25) is 0 Å². The summed E-state index contributed by atoms with van der Waals surface area (Å²) in [7, 11) is 0.0697. The van der Waals surface area contributed by atoms with Crippen molar-refractivity contribution < 1.29 is 4.74 Å². The van der Waals surface area contributed by atoms with E-state index >= 15 is 0 Å². The summed E-state index contributed by atoms with van der Waals surface area (Å²) in [5, 5.41) is 0. The third-order valence-electron chi connectivity index (χ3n) is 4.24. The lowest BCUT2D eigenvalue weighted by atomic mass is 10.0. The minimum Gasteiger partial charge on any atom is -0.353 e. The summed E-state index contributed by atoms with van der Waals surface area (Å²) in [6.45, 7) is 2.10. The molecular weight excluding hydrogens is 230 g/mol. The van der Waals surface area contributed by atoms with Crippen molar-refractivity contribution in [3.8, 4) is 0 Å². The molecule has 2 fully saturated rings. The molecule has 1 aliphatic heterocycles. The van der Waals surface area contributed by atoms with Gasteiger partial charge in [0, 0.05) is 12.6 Å². The first-order valence-electron chi connectivity index (χ1n) is 7.29. The van der Waals surface area contributed by atoms with Crippen molar-refractivity contribution in [2.24, 2.45) is 0 Å².